The normalized spacial score (nSPS) is 23.6. The van der Waals surface area contributed by atoms with Gasteiger partial charge in [-0.15, -0.1) is 0 Å². The molecule has 3 atom stereocenters. The van der Waals surface area contributed by atoms with Crippen LogP contribution in [0.15, 0.2) is 28.8 Å². The van der Waals surface area contributed by atoms with Crippen LogP contribution in [-0.4, -0.2) is 27.6 Å². The van der Waals surface area contributed by atoms with E-state index >= 15 is 0 Å². The highest BCUT2D eigenvalue weighted by molar-refractivity contribution is 5.26. The van der Waals surface area contributed by atoms with Gasteiger partial charge in [-0.3, -0.25) is 4.90 Å². The minimum Gasteiger partial charge on any atom is -0.339 e. The Balaban J connectivity index is 2.02. The van der Waals surface area contributed by atoms with Crippen molar-refractivity contribution in [1.82, 2.24) is 15.0 Å². The van der Waals surface area contributed by atoms with Crippen molar-refractivity contribution in [2.45, 2.75) is 65.0 Å². The van der Waals surface area contributed by atoms with E-state index < -0.39 is 0 Å². The predicted molar refractivity (Wildman–Crippen MR) is 95.8 cm³/mol. The maximum absolute atomic E-state index is 13.4. The molecule has 0 radical (unpaired) electrons. The smallest absolute Gasteiger partial charge is 0.232 e. The van der Waals surface area contributed by atoms with Crippen LogP contribution in [0, 0.1) is 11.7 Å². The summed E-state index contributed by atoms with van der Waals surface area (Å²) in [6.45, 7) is 11.7. The molecule has 0 amide bonds. The second-order valence-corrected chi connectivity index (χ2v) is 8.39. The number of hydrogen-bond acceptors (Lipinski definition) is 4. The van der Waals surface area contributed by atoms with Crippen LogP contribution in [0.3, 0.4) is 0 Å². The molecule has 3 rings (SSSR count). The Morgan fingerprint density at radius 3 is 2.44 bits per heavy atom. The van der Waals surface area contributed by atoms with Crippen LogP contribution < -0.4 is 0 Å². The first-order valence-corrected chi connectivity index (χ1v) is 9.11. The first-order chi connectivity index (χ1) is 11.8. The van der Waals surface area contributed by atoms with Gasteiger partial charge < -0.3 is 4.52 Å². The molecule has 1 fully saturated rings. The Morgan fingerprint density at radius 1 is 1.16 bits per heavy atom. The Kier molecular flexibility index (Phi) is 4.96. The number of aromatic nitrogens is 2. The van der Waals surface area contributed by atoms with Crippen LogP contribution in [0.25, 0.3) is 0 Å². The van der Waals surface area contributed by atoms with E-state index in [0.29, 0.717) is 23.7 Å². The molecule has 1 saturated heterocycles. The topological polar surface area (TPSA) is 42.2 Å². The number of halogens is 1. The van der Waals surface area contributed by atoms with Crippen LogP contribution >= 0.6 is 0 Å². The number of rotatable bonds is 3. The molecular formula is C20H28FN3O. The minimum atomic E-state index is -0.231. The van der Waals surface area contributed by atoms with Gasteiger partial charge in [-0.25, -0.2) is 4.39 Å². The fraction of sp³-hybridized carbons (Fsp3) is 0.600. The zero-order chi connectivity index (χ0) is 18.2. The fourth-order valence-corrected chi connectivity index (χ4v) is 3.47. The molecule has 2 heterocycles. The number of nitrogens with zero attached hydrogens (tertiary/aromatic N) is 3. The zero-order valence-electron chi connectivity index (χ0n) is 15.8. The maximum Gasteiger partial charge on any atom is 0.232 e. The van der Waals surface area contributed by atoms with E-state index in [9.17, 15) is 4.39 Å². The highest BCUT2D eigenvalue weighted by Crippen LogP contribution is 2.35. The van der Waals surface area contributed by atoms with Crippen molar-refractivity contribution in [3.05, 3.63) is 47.4 Å². The lowest BCUT2D eigenvalue weighted by molar-refractivity contribution is 0.0885. The summed E-state index contributed by atoms with van der Waals surface area (Å²) in [7, 11) is 0. The third-order valence-corrected chi connectivity index (χ3v) is 5.01. The number of likely N-dealkylation sites (tertiary alicyclic amines) is 1. The Hall–Kier alpha value is -1.75. The predicted octanol–water partition coefficient (Wildman–Crippen LogP) is 4.72. The SMILES string of the molecule is C[C@@H]1CC[C@@H](C)N(C(c2ccc(F)cc2)c2noc(C(C)(C)C)n2)C1. The molecule has 1 aromatic heterocycles. The fourth-order valence-electron chi connectivity index (χ4n) is 3.47. The van der Waals surface area contributed by atoms with Gasteiger partial charge in [0.1, 0.15) is 5.82 Å². The summed E-state index contributed by atoms with van der Waals surface area (Å²) in [4.78, 5) is 7.13. The molecule has 25 heavy (non-hydrogen) atoms. The van der Waals surface area contributed by atoms with Gasteiger partial charge in [0.05, 0.1) is 6.04 Å². The van der Waals surface area contributed by atoms with Crippen molar-refractivity contribution in [3.63, 3.8) is 0 Å². The Morgan fingerprint density at radius 2 is 1.84 bits per heavy atom. The summed E-state index contributed by atoms with van der Waals surface area (Å²) in [6.07, 6.45) is 2.37. The van der Waals surface area contributed by atoms with Crippen molar-refractivity contribution in [2.24, 2.45) is 5.92 Å². The summed E-state index contributed by atoms with van der Waals surface area (Å²) < 4.78 is 19.0. The van der Waals surface area contributed by atoms with Crippen LogP contribution in [0.4, 0.5) is 4.39 Å². The average molecular weight is 345 g/mol. The van der Waals surface area contributed by atoms with Crippen molar-refractivity contribution in [3.8, 4) is 0 Å². The van der Waals surface area contributed by atoms with Crippen LogP contribution in [0.1, 0.15) is 70.8 Å². The maximum atomic E-state index is 13.4. The summed E-state index contributed by atoms with van der Waals surface area (Å²) in [5.41, 5.74) is 0.808. The third kappa shape index (κ3) is 3.92. The van der Waals surface area contributed by atoms with Gasteiger partial charge in [0.25, 0.3) is 0 Å². The molecule has 0 aliphatic carbocycles. The number of piperidine rings is 1. The minimum absolute atomic E-state index is 0.113. The molecule has 1 aliphatic heterocycles. The van der Waals surface area contributed by atoms with Crippen molar-refractivity contribution in [1.29, 1.82) is 0 Å². The number of hydrogen-bond donors (Lipinski definition) is 0. The lowest BCUT2D eigenvalue weighted by Gasteiger charge is -2.41. The summed E-state index contributed by atoms with van der Waals surface area (Å²) >= 11 is 0. The molecule has 4 nitrogen and oxygen atoms in total. The van der Waals surface area contributed by atoms with E-state index in [1.807, 2.05) is 12.1 Å². The molecular weight excluding hydrogens is 317 g/mol. The molecule has 0 N–H and O–H groups in total. The van der Waals surface area contributed by atoms with E-state index in [4.69, 9.17) is 9.51 Å². The van der Waals surface area contributed by atoms with E-state index in [1.54, 1.807) is 0 Å². The average Bonchev–Trinajstić information content (AvgIpc) is 3.03. The molecule has 0 spiro atoms. The quantitative estimate of drug-likeness (QED) is 0.807. The van der Waals surface area contributed by atoms with Crippen molar-refractivity contribution < 1.29 is 8.91 Å². The first kappa shape index (κ1) is 18.1. The van der Waals surface area contributed by atoms with Crippen LogP contribution in [-0.2, 0) is 5.41 Å². The molecule has 1 unspecified atom stereocenters. The van der Waals surface area contributed by atoms with Gasteiger partial charge in [0, 0.05) is 18.0 Å². The summed E-state index contributed by atoms with van der Waals surface area (Å²) in [6, 6.07) is 6.98. The van der Waals surface area contributed by atoms with Crippen molar-refractivity contribution >= 4 is 0 Å². The summed E-state index contributed by atoms with van der Waals surface area (Å²) in [5, 5.41) is 4.29. The Bertz CT molecular complexity index is 704. The number of benzene rings is 1. The lowest BCUT2D eigenvalue weighted by atomic mass is 9.91. The van der Waals surface area contributed by atoms with Gasteiger partial charge in [0.15, 0.2) is 5.82 Å². The molecule has 5 heteroatoms. The highest BCUT2D eigenvalue weighted by atomic mass is 19.1. The zero-order valence-corrected chi connectivity index (χ0v) is 15.8. The van der Waals surface area contributed by atoms with Gasteiger partial charge in [-0.05, 0) is 43.4 Å². The molecule has 1 aromatic carbocycles. The molecule has 136 valence electrons. The monoisotopic (exact) mass is 345 g/mol. The van der Waals surface area contributed by atoms with E-state index in [2.05, 4.69) is 44.7 Å². The lowest BCUT2D eigenvalue weighted by Crippen LogP contribution is -2.44. The van der Waals surface area contributed by atoms with Crippen LogP contribution in [0.5, 0.6) is 0 Å². The van der Waals surface area contributed by atoms with E-state index in [0.717, 1.165) is 18.5 Å². The van der Waals surface area contributed by atoms with Gasteiger partial charge >= 0.3 is 0 Å². The van der Waals surface area contributed by atoms with Gasteiger partial charge in [-0.1, -0.05) is 45.0 Å². The largest absolute Gasteiger partial charge is 0.339 e. The molecule has 0 bridgehead atoms. The highest BCUT2D eigenvalue weighted by Gasteiger charge is 2.35. The first-order valence-electron chi connectivity index (χ1n) is 9.11. The molecule has 0 saturated carbocycles. The van der Waals surface area contributed by atoms with E-state index in [-0.39, 0.29) is 17.3 Å². The van der Waals surface area contributed by atoms with Crippen LogP contribution in [0.2, 0.25) is 0 Å². The second kappa shape index (κ2) is 6.87. The standard InChI is InChI=1S/C20H28FN3O/c1-13-6-7-14(2)24(12-13)17(15-8-10-16(21)11-9-15)18-22-19(25-23-18)20(3,4)5/h8-11,13-14,17H,6-7,12H2,1-5H3/t13-,14-,17?/m1/s1. The molecule has 1 aliphatic rings. The second-order valence-electron chi connectivity index (χ2n) is 8.39. The Labute approximate surface area is 149 Å². The molecule has 2 aromatic rings. The van der Waals surface area contributed by atoms with Crippen molar-refractivity contribution in [2.75, 3.05) is 6.54 Å². The summed E-state index contributed by atoms with van der Waals surface area (Å²) in [5.74, 6) is 1.68. The van der Waals surface area contributed by atoms with E-state index in [1.165, 1.54) is 18.6 Å². The third-order valence-electron chi connectivity index (χ3n) is 5.01. The van der Waals surface area contributed by atoms with Gasteiger partial charge in [0.2, 0.25) is 5.89 Å². The van der Waals surface area contributed by atoms with Gasteiger partial charge in [-0.2, -0.15) is 4.98 Å².